The van der Waals surface area contributed by atoms with E-state index in [0.717, 1.165) is 52.1 Å². The average Bonchev–Trinajstić information content (AvgIpc) is 2.93. The third-order valence-electron chi connectivity index (χ3n) is 12.2. The van der Waals surface area contributed by atoms with Crippen molar-refractivity contribution >= 4 is 0 Å². The maximum Gasteiger partial charge on any atom is 0.123 e. The van der Waals surface area contributed by atoms with Crippen LogP contribution in [0.1, 0.15) is 177 Å². The normalized spacial score (nSPS) is 25.6. The number of phenols is 3. The van der Waals surface area contributed by atoms with Gasteiger partial charge >= 0.3 is 0 Å². The van der Waals surface area contributed by atoms with Crippen LogP contribution in [-0.4, -0.2) is 15.3 Å². The lowest BCUT2D eigenvalue weighted by Crippen LogP contribution is -2.49. The van der Waals surface area contributed by atoms with Gasteiger partial charge in [-0.25, -0.2) is 0 Å². The number of hydrogen-bond acceptors (Lipinski definition) is 3. The molecule has 1 atom stereocenters. The van der Waals surface area contributed by atoms with Crippen molar-refractivity contribution in [3.8, 4) is 17.2 Å². The predicted molar refractivity (Wildman–Crippen MR) is 202 cm³/mol. The first-order valence-corrected chi connectivity index (χ1v) is 18.6. The van der Waals surface area contributed by atoms with Gasteiger partial charge in [-0.3, -0.25) is 0 Å². The van der Waals surface area contributed by atoms with Gasteiger partial charge in [0.15, 0.2) is 0 Å². The average molecular weight is 653 g/mol. The zero-order valence-electron chi connectivity index (χ0n) is 32.4. The van der Waals surface area contributed by atoms with Gasteiger partial charge in [0.25, 0.3) is 0 Å². The molecule has 5 rings (SSSR count). The Labute approximate surface area is 292 Å². The van der Waals surface area contributed by atoms with E-state index in [-0.39, 0.29) is 27.6 Å². The Kier molecular flexibility index (Phi) is 9.41. The minimum absolute atomic E-state index is 0.120. The van der Waals surface area contributed by atoms with Crippen molar-refractivity contribution < 1.29 is 15.3 Å². The summed E-state index contributed by atoms with van der Waals surface area (Å²) in [5, 5.41) is 34.3. The minimum atomic E-state index is -0.228. The fourth-order valence-corrected chi connectivity index (χ4v) is 9.63. The first-order valence-electron chi connectivity index (χ1n) is 18.6. The van der Waals surface area contributed by atoms with Crippen LogP contribution in [-0.2, 0) is 21.7 Å². The van der Waals surface area contributed by atoms with E-state index in [1.54, 1.807) is 0 Å². The summed E-state index contributed by atoms with van der Waals surface area (Å²) in [4.78, 5) is 0. The highest BCUT2D eigenvalue weighted by Gasteiger charge is 2.53. The molecular formula is C45H64O3. The molecule has 0 aliphatic heterocycles. The molecule has 2 saturated carbocycles. The van der Waals surface area contributed by atoms with E-state index >= 15 is 0 Å². The lowest BCUT2D eigenvalue weighted by Gasteiger charge is -2.54. The number of rotatable bonds is 6. The fraction of sp³-hybridized carbons (Fsp3) is 0.600. The second-order valence-electron chi connectivity index (χ2n) is 19.1. The molecule has 48 heavy (non-hydrogen) atoms. The van der Waals surface area contributed by atoms with Crippen molar-refractivity contribution in [2.75, 3.05) is 0 Å². The van der Waals surface area contributed by atoms with Crippen molar-refractivity contribution in [3.05, 3.63) is 86.5 Å². The van der Waals surface area contributed by atoms with E-state index in [1.807, 2.05) is 12.1 Å². The largest absolute Gasteiger partial charge is 0.508 e. The zero-order chi connectivity index (χ0) is 35.7. The smallest absolute Gasteiger partial charge is 0.123 e. The van der Waals surface area contributed by atoms with Crippen LogP contribution < -0.4 is 0 Å². The molecule has 0 saturated heterocycles. The van der Waals surface area contributed by atoms with Crippen LogP contribution in [0, 0.1) is 25.7 Å². The van der Waals surface area contributed by atoms with E-state index in [0.29, 0.717) is 29.1 Å². The maximum atomic E-state index is 11.9. The number of hydrogen-bond donors (Lipinski definition) is 3. The Morgan fingerprint density at radius 3 is 1.67 bits per heavy atom. The molecule has 3 heteroatoms. The summed E-state index contributed by atoms with van der Waals surface area (Å²) in [5.74, 6) is 2.97. The number of phenolic OH excluding ortho intramolecular Hbond substituents is 3. The molecule has 0 aromatic heterocycles. The van der Waals surface area contributed by atoms with E-state index in [9.17, 15) is 15.3 Å². The first kappa shape index (κ1) is 36.3. The van der Waals surface area contributed by atoms with Gasteiger partial charge < -0.3 is 15.3 Å². The molecule has 0 spiro atoms. The number of benzene rings is 3. The second-order valence-corrected chi connectivity index (χ2v) is 19.1. The predicted octanol–water partition coefficient (Wildman–Crippen LogP) is 12.1. The van der Waals surface area contributed by atoms with Gasteiger partial charge in [-0.15, -0.1) is 0 Å². The highest BCUT2D eigenvalue weighted by molar-refractivity contribution is 5.57. The third kappa shape index (κ3) is 6.65. The van der Waals surface area contributed by atoms with Crippen molar-refractivity contribution in [1.82, 2.24) is 0 Å². The molecule has 0 radical (unpaired) electrons. The fourth-order valence-electron chi connectivity index (χ4n) is 9.63. The van der Waals surface area contributed by atoms with Crippen molar-refractivity contribution in [2.45, 2.75) is 162 Å². The Bertz CT molecular complexity index is 1660. The molecule has 2 aliphatic carbocycles. The summed E-state index contributed by atoms with van der Waals surface area (Å²) >= 11 is 0. The van der Waals surface area contributed by atoms with Crippen molar-refractivity contribution in [3.63, 3.8) is 0 Å². The molecule has 3 aromatic carbocycles. The summed E-state index contributed by atoms with van der Waals surface area (Å²) in [7, 11) is 0. The van der Waals surface area contributed by atoms with Gasteiger partial charge in [0.2, 0.25) is 0 Å². The summed E-state index contributed by atoms with van der Waals surface area (Å²) < 4.78 is 0. The lowest BCUT2D eigenvalue weighted by molar-refractivity contribution is 0.124. The molecule has 0 heterocycles. The van der Waals surface area contributed by atoms with Crippen LogP contribution >= 0.6 is 0 Å². The van der Waals surface area contributed by atoms with Crippen LogP contribution in [0.15, 0.2) is 36.4 Å². The Morgan fingerprint density at radius 2 is 1.15 bits per heavy atom. The highest BCUT2D eigenvalue weighted by atomic mass is 16.3. The van der Waals surface area contributed by atoms with Gasteiger partial charge in [-0.2, -0.15) is 0 Å². The summed E-state index contributed by atoms with van der Waals surface area (Å²) in [6, 6.07) is 13.1. The third-order valence-corrected chi connectivity index (χ3v) is 12.2. The van der Waals surface area contributed by atoms with Crippen LogP contribution in [0.25, 0.3) is 0 Å². The van der Waals surface area contributed by atoms with Crippen LogP contribution in [0.4, 0.5) is 0 Å². The molecule has 1 unspecified atom stereocenters. The Morgan fingerprint density at radius 1 is 0.646 bits per heavy atom. The lowest BCUT2D eigenvalue weighted by atomic mass is 9.49. The zero-order valence-corrected chi connectivity index (χ0v) is 32.4. The first-order chi connectivity index (χ1) is 22.1. The van der Waals surface area contributed by atoms with E-state index < -0.39 is 0 Å². The topological polar surface area (TPSA) is 60.7 Å². The molecule has 2 aliphatic rings. The van der Waals surface area contributed by atoms with Crippen LogP contribution in [0.5, 0.6) is 17.2 Å². The monoisotopic (exact) mass is 652 g/mol. The second kappa shape index (κ2) is 12.4. The standard InChI is InChI=1S/C45H64O3/c1-26(2)40(32-22-34(42(6,7)8)38(46)18-28(32)4)33-23-35(39(47)19-29(33)5)44(12)24-45(13,25-44)37-21-31(30-16-14-27(3)15-17-30)20-36(41(37)48)43(9,10)11/h18-23,26-27,30,40,46-48H,14-17,24-25H2,1-13H3. The Hall–Kier alpha value is -2.94. The van der Waals surface area contributed by atoms with E-state index in [1.165, 1.54) is 42.4 Å². The number of aromatic hydroxyl groups is 3. The highest BCUT2D eigenvalue weighted by Crippen LogP contribution is 2.61. The molecule has 3 N–H and O–H groups in total. The molecule has 3 nitrogen and oxygen atoms in total. The summed E-state index contributed by atoms with van der Waals surface area (Å²) in [5.41, 5.74) is 9.41. The van der Waals surface area contributed by atoms with Crippen LogP contribution in [0.2, 0.25) is 0 Å². The number of aryl methyl sites for hydroxylation is 2. The minimum Gasteiger partial charge on any atom is -0.508 e. The van der Waals surface area contributed by atoms with Gasteiger partial charge in [0.05, 0.1) is 0 Å². The van der Waals surface area contributed by atoms with Gasteiger partial charge in [-0.05, 0) is 130 Å². The van der Waals surface area contributed by atoms with Crippen LogP contribution in [0.3, 0.4) is 0 Å². The summed E-state index contributed by atoms with van der Waals surface area (Å²) in [6.07, 6.45) is 6.70. The molecule has 0 bridgehead atoms. The molecule has 0 amide bonds. The quantitative estimate of drug-likeness (QED) is 0.248. The molecular weight excluding hydrogens is 588 g/mol. The van der Waals surface area contributed by atoms with Gasteiger partial charge in [0, 0.05) is 17.0 Å². The summed E-state index contributed by atoms with van der Waals surface area (Å²) in [6.45, 7) is 28.8. The van der Waals surface area contributed by atoms with E-state index in [2.05, 4.69) is 114 Å². The van der Waals surface area contributed by atoms with Crippen molar-refractivity contribution in [2.24, 2.45) is 11.8 Å². The van der Waals surface area contributed by atoms with Crippen molar-refractivity contribution in [1.29, 1.82) is 0 Å². The van der Waals surface area contributed by atoms with Gasteiger partial charge in [0.1, 0.15) is 17.2 Å². The van der Waals surface area contributed by atoms with Gasteiger partial charge in [-0.1, -0.05) is 113 Å². The Balaban J connectivity index is 1.56. The maximum absolute atomic E-state index is 11.9. The SMILES string of the molecule is Cc1cc(O)c(C(C)(C)C)cc1C(c1cc(C2(C)CC(C)(c3cc(C4CCC(C)CC4)cc(C(C)(C)C)c3O)C2)c(O)cc1C)C(C)C. The molecule has 262 valence electrons. The molecule has 3 aromatic rings. The van der Waals surface area contributed by atoms with E-state index in [4.69, 9.17) is 0 Å². The molecule has 2 fully saturated rings.